The maximum atomic E-state index is 12.4. The summed E-state index contributed by atoms with van der Waals surface area (Å²) in [6.45, 7) is -1.04. The van der Waals surface area contributed by atoms with Crippen LogP contribution in [0.15, 0.2) is 42.5 Å². The van der Waals surface area contributed by atoms with E-state index in [0.717, 1.165) is 5.56 Å². The molecule has 2 aromatic rings. The van der Waals surface area contributed by atoms with Gasteiger partial charge in [-0.25, -0.2) is 0 Å². The minimum absolute atomic E-state index is 0.0523. The molecule has 0 heterocycles. The molecule has 0 bridgehead atoms. The summed E-state index contributed by atoms with van der Waals surface area (Å²) in [4.78, 5) is 12.2. The molecule has 0 radical (unpaired) electrons. The molecule has 0 aromatic heterocycles. The largest absolute Gasteiger partial charge is 0.493 e. The van der Waals surface area contributed by atoms with Gasteiger partial charge in [-0.2, -0.15) is 14.0 Å². The zero-order chi connectivity index (χ0) is 20.5. The highest BCUT2D eigenvalue weighted by Crippen LogP contribution is 2.29. The number of benzene rings is 2. The highest BCUT2D eigenvalue weighted by atomic mass is 19.3. The highest BCUT2D eigenvalue weighted by Gasteiger charge is 2.16. The molecule has 8 heteroatoms. The third-order valence-corrected chi connectivity index (χ3v) is 3.84. The van der Waals surface area contributed by atoms with E-state index in [1.807, 2.05) is 6.07 Å². The maximum Gasteiger partial charge on any atom is 0.387 e. The van der Waals surface area contributed by atoms with Crippen molar-refractivity contribution in [2.45, 2.75) is 26.1 Å². The minimum atomic E-state index is -2.94. The monoisotopic (exact) mass is 390 g/mol. The van der Waals surface area contributed by atoms with Crippen LogP contribution in [0.3, 0.4) is 0 Å². The molecule has 1 unspecified atom stereocenters. The zero-order valence-electron chi connectivity index (χ0n) is 15.4. The lowest BCUT2D eigenvalue weighted by Gasteiger charge is -2.16. The number of amides is 1. The molecule has 0 aliphatic heterocycles. The Bertz CT molecular complexity index is 852. The zero-order valence-corrected chi connectivity index (χ0v) is 15.4. The van der Waals surface area contributed by atoms with Gasteiger partial charge < -0.3 is 19.5 Å². The first-order valence-corrected chi connectivity index (χ1v) is 8.49. The lowest BCUT2D eigenvalue weighted by Crippen LogP contribution is -2.37. The number of nitriles is 1. The van der Waals surface area contributed by atoms with Crippen LogP contribution >= 0.6 is 0 Å². The van der Waals surface area contributed by atoms with Crippen LogP contribution in [-0.2, 0) is 11.2 Å². The van der Waals surface area contributed by atoms with Crippen LogP contribution in [0.2, 0.25) is 0 Å². The average Bonchev–Trinajstić information content (AvgIpc) is 2.68. The number of alkyl halides is 2. The number of ether oxygens (including phenoxy) is 3. The molecule has 0 saturated carbocycles. The van der Waals surface area contributed by atoms with Gasteiger partial charge in [-0.15, -0.1) is 0 Å². The predicted octanol–water partition coefficient (Wildman–Crippen LogP) is 3.29. The van der Waals surface area contributed by atoms with Crippen LogP contribution in [0.25, 0.3) is 0 Å². The molecule has 0 spiro atoms. The average molecular weight is 390 g/mol. The number of hydrogen-bond acceptors (Lipinski definition) is 5. The van der Waals surface area contributed by atoms with Crippen LogP contribution in [0.1, 0.15) is 18.1 Å². The summed E-state index contributed by atoms with van der Waals surface area (Å²) in [7, 11) is 1.36. The third-order valence-electron chi connectivity index (χ3n) is 3.84. The number of carbonyl (C=O) groups excluding carboxylic acids is 1. The molecule has 1 atom stereocenters. The molecule has 2 rings (SSSR count). The van der Waals surface area contributed by atoms with Gasteiger partial charge in [0, 0.05) is 6.54 Å². The first-order valence-electron chi connectivity index (χ1n) is 8.49. The second-order valence-electron chi connectivity index (χ2n) is 5.77. The molecule has 6 nitrogen and oxygen atoms in total. The van der Waals surface area contributed by atoms with E-state index in [0.29, 0.717) is 24.3 Å². The van der Waals surface area contributed by atoms with E-state index >= 15 is 0 Å². The topological polar surface area (TPSA) is 80.6 Å². The Morgan fingerprint density at radius 1 is 1.14 bits per heavy atom. The number of rotatable bonds is 9. The van der Waals surface area contributed by atoms with E-state index in [-0.39, 0.29) is 17.4 Å². The van der Waals surface area contributed by atoms with Gasteiger partial charge in [-0.1, -0.05) is 18.2 Å². The lowest BCUT2D eigenvalue weighted by atomic mass is 10.1. The Balaban J connectivity index is 1.88. The summed E-state index contributed by atoms with van der Waals surface area (Å²) in [6.07, 6.45) is -0.329. The smallest absolute Gasteiger partial charge is 0.387 e. The first kappa shape index (κ1) is 21.0. The van der Waals surface area contributed by atoms with Crippen molar-refractivity contribution in [2.75, 3.05) is 13.7 Å². The summed E-state index contributed by atoms with van der Waals surface area (Å²) >= 11 is 0. The fourth-order valence-corrected chi connectivity index (χ4v) is 2.44. The van der Waals surface area contributed by atoms with Gasteiger partial charge in [0.2, 0.25) is 0 Å². The Morgan fingerprint density at radius 2 is 1.89 bits per heavy atom. The molecular formula is C20H20F2N2O4. The van der Waals surface area contributed by atoms with Crippen molar-refractivity contribution in [1.82, 2.24) is 5.32 Å². The van der Waals surface area contributed by atoms with Crippen molar-refractivity contribution >= 4 is 5.91 Å². The van der Waals surface area contributed by atoms with E-state index < -0.39 is 12.7 Å². The number of halogens is 2. The quantitative estimate of drug-likeness (QED) is 0.711. The Hall–Kier alpha value is -3.34. The van der Waals surface area contributed by atoms with Crippen LogP contribution in [0.4, 0.5) is 8.78 Å². The number of hydrogen-bond donors (Lipinski definition) is 1. The molecule has 2 aromatic carbocycles. The van der Waals surface area contributed by atoms with Gasteiger partial charge in [0.25, 0.3) is 5.91 Å². The molecule has 1 N–H and O–H groups in total. The van der Waals surface area contributed by atoms with Gasteiger partial charge >= 0.3 is 6.61 Å². The van der Waals surface area contributed by atoms with Crippen molar-refractivity contribution < 1.29 is 27.8 Å². The molecule has 0 fully saturated rings. The fourth-order valence-electron chi connectivity index (χ4n) is 2.44. The molecule has 148 valence electrons. The van der Waals surface area contributed by atoms with Crippen molar-refractivity contribution in [3.63, 3.8) is 0 Å². The molecule has 0 aliphatic carbocycles. The molecular weight excluding hydrogens is 370 g/mol. The molecule has 28 heavy (non-hydrogen) atoms. The normalized spacial score (nSPS) is 11.4. The summed E-state index contributed by atoms with van der Waals surface area (Å²) in [5.74, 6) is 0.141. The van der Waals surface area contributed by atoms with Gasteiger partial charge in [-0.3, -0.25) is 4.79 Å². The van der Waals surface area contributed by atoms with E-state index in [1.165, 1.54) is 13.2 Å². The number of para-hydroxylation sites is 1. The van der Waals surface area contributed by atoms with Crippen LogP contribution in [-0.4, -0.2) is 32.3 Å². The van der Waals surface area contributed by atoms with Gasteiger partial charge in [-0.05, 0) is 43.2 Å². The summed E-state index contributed by atoms with van der Waals surface area (Å²) < 4.78 is 39.7. The second-order valence-corrected chi connectivity index (χ2v) is 5.77. The minimum Gasteiger partial charge on any atom is -0.493 e. The number of nitrogens with one attached hydrogen (secondary N) is 1. The van der Waals surface area contributed by atoms with Gasteiger partial charge in [0.1, 0.15) is 11.8 Å². The van der Waals surface area contributed by atoms with E-state index in [2.05, 4.69) is 10.1 Å². The van der Waals surface area contributed by atoms with E-state index in [9.17, 15) is 13.6 Å². The number of methoxy groups -OCH3 is 1. The summed E-state index contributed by atoms with van der Waals surface area (Å²) in [6, 6.07) is 13.3. The standard InChI is InChI=1S/C20H20F2N2O4/c1-13(27-16-6-4-3-5-15(16)12-23)19(25)24-10-9-14-7-8-17(28-20(21)22)18(11-14)26-2/h3-8,11,13,20H,9-10H2,1-2H3,(H,24,25). The molecule has 1 amide bonds. The predicted molar refractivity (Wildman–Crippen MR) is 97.6 cm³/mol. The molecule has 0 aliphatic rings. The Morgan fingerprint density at radius 3 is 2.57 bits per heavy atom. The maximum absolute atomic E-state index is 12.4. The first-order chi connectivity index (χ1) is 13.4. The Labute approximate surface area is 161 Å². The Kier molecular flexibility index (Phi) is 7.57. The lowest BCUT2D eigenvalue weighted by molar-refractivity contribution is -0.127. The van der Waals surface area contributed by atoms with Crippen molar-refractivity contribution in [1.29, 1.82) is 5.26 Å². The fraction of sp³-hybridized carbons (Fsp3) is 0.300. The SMILES string of the molecule is COc1cc(CCNC(=O)C(C)Oc2ccccc2C#N)ccc1OC(F)F. The van der Waals surface area contributed by atoms with E-state index in [4.69, 9.17) is 14.7 Å². The van der Waals surface area contributed by atoms with Crippen LogP contribution in [0, 0.1) is 11.3 Å². The van der Waals surface area contributed by atoms with Crippen molar-refractivity contribution in [3.05, 3.63) is 53.6 Å². The third kappa shape index (κ3) is 5.84. The van der Waals surface area contributed by atoms with Gasteiger partial charge in [0.05, 0.1) is 12.7 Å². The van der Waals surface area contributed by atoms with Crippen LogP contribution in [0.5, 0.6) is 17.2 Å². The second kappa shape index (κ2) is 10.1. The molecule has 0 saturated heterocycles. The van der Waals surface area contributed by atoms with E-state index in [1.54, 1.807) is 43.3 Å². The van der Waals surface area contributed by atoms with Crippen molar-refractivity contribution in [3.8, 4) is 23.3 Å². The van der Waals surface area contributed by atoms with Crippen LogP contribution < -0.4 is 19.5 Å². The summed E-state index contributed by atoms with van der Waals surface area (Å²) in [5.41, 5.74) is 1.13. The van der Waals surface area contributed by atoms with Gasteiger partial charge in [0.15, 0.2) is 17.6 Å². The number of carbonyl (C=O) groups is 1. The highest BCUT2D eigenvalue weighted by molar-refractivity contribution is 5.80. The van der Waals surface area contributed by atoms with Crippen molar-refractivity contribution in [2.24, 2.45) is 0 Å². The number of nitrogens with zero attached hydrogens (tertiary/aromatic N) is 1. The summed E-state index contributed by atoms with van der Waals surface area (Å²) in [5, 5.41) is 11.8.